The number of hydrazine groups is 3. The molecule has 3 amide bonds. The van der Waals surface area contributed by atoms with Crippen LogP contribution in [0.25, 0.3) is 0 Å². The molecule has 3 aliphatic heterocycles. The van der Waals surface area contributed by atoms with E-state index in [0.717, 1.165) is 77.0 Å². The van der Waals surface area contributed by atoms with Gasteiger partial charge in [0.1, 0.15) is 0 Å². The summed E-state index contributed by atoms with van der Waals surface area (Å²) >= 11 is 0. The van der Waals surface area contributed by atoms with Crippen molar-refractivity contribution in [3.8, 4) is 0 Å². The lowest BCUT2D eigenvalue weighted by molar-refractivity contribution is -0.130. The van der Waals surface area contributed by atoms with E-state index >= 15 is 0 Å². The van der Waals surface area contributed by atoms with Crippen LogP contribution in [-0.4, -0.2) is 121 Å². The van der Waals surface area contributed by atoms with Crippen LogP contribution in [0, 0.1) is 0 Å². The fourth-order valence-electron chi connectivity index (χ4n) is 6.35. The van der Waals surface area contributed by atoms with Crippen molar-refractivity contribution < 1.29 is 14.4 Å². The van der Waals surface area contributed by atoms with Crippen LogP contribution in [0.5, 0.6) is 0 Å². The fourth-order valence-corrected chi connectivity index (χ4v) is 6.35. The van der Waals surface area contributed by atoms with Gasteiger partial charge < -0.3 is 0 Å². The van der Waals surface area contributed by atoms with Crippen LogP contribution in [-0.2, 0) is 34.0 Å². The van der Waals surface area contributed by atoms with Crippen LogP contribution in [0.2, 0.25) is 0 Å². The summed E-state index contributed by atoms with van der Waals surface area (Å²) in [5, 5.41) is 10.2. The number of carbonyl (C=O) groups excluding carboxylic acids is 3. The van der Waals surface area contributed by atoms with E-state index in [1.54, 1.807) is 85.9 Å². The zero-order chi connectivity index (χ0) is 38.4. The highest BCUT2D eigenvalue weighted by Gasteiger charge is 2.17. The van der Waals surface area contributed by atoms with Gasteiger partial charge in [0.2, 0.25) is 19.2 Å². The minimum Gasteiger partial charge on any atom is -0.284 e. The summed E-state index contributed by atoms with van der Waals surface area (Å²) < 4.78 is 3.56. The number of nitrogens with zero attached hydrogens (tertiary/aromatic N) is 12. The normalized spacial score (nSPS) is 14.6. The van der Waals surface area contributed by atoms with E-state index < -0.39 is 17.1 Å². The minimum atomic E-state index is -0.594. The lowest BCUT2D eigenvalue weighted by atomic mass is 10.2. The molecule has 0 saturated heterocycles. The van der Waals surface area contributed by atoms with Gasteiger partial charge in [0.15, 0.2) is 0 Å². The Bertz CT molecular complexity index is 1480. The molecular formula is C36H54N12O6. The molecule has 1 aromatic rings. The first-order valence-corrected chi connectivity index (χ1v) is 18.9. The molecule has 4 heterocycles. The molecule has 54 heavy (non-hydrogen) atoms. The van der Waals surface area contributed by atoms with Crippen molar-refractivity contribution in [3.05, 3.63) is 68.7 Å². The third-order valence-electron chi connectivity index (χ3n) is 9.39. The summed E-state index contributed by atoms with van der Waals surface area (Å²) in [6.07, 6.45) is 26.3. The molecule has 4 rings (SSSR count). The highest BCUT2D eigenvalue weighted by atomic mass is 16.2. The molecular weight excluding hydrogens is 696 g/mol. The Morgan fingerprint density at radius 1 is 0.444 bits per heavy atom. The summed E-state index contributed by atoms with van der Waals surface area (Å²) in [6, 6.07) is 0. The van der Waals surface area contributed by atoms with Gasteiger partial charge in [-0.15, -0.1) is 0 Å². The average molecular weight is 751 g/mol. The molecule has 0 aromatic carbocycles. The molecule has 0 unspecified atom stereocenters. The van der Waals surface area contributed by atoms with Crippen LogP contribution in [0.15, 0.2) is 66.6 Å². The predicted molar refractivity (Wildman–Crippen MR) is 206 cm³/mol. The Hall–Kier alpha value is -5.55. The van der Waals surface area contributed by atoms with Crippen LogP contribution in [0.4, 0.5) is 0 Å². The first-order chi connectivity index (χ1) is 26.5. The van der Waals surface area contributed by atoms with Crippen LogP contribution in [0.1, 0.15) is 77.0 Å². The average Bonchev–Trinajstić information content (AvgIpc) is 3.21. The SMILES string of the molecule is O=CN(CCCCCCn1c(=O)n(CCCCCCN(C=O)N2C=CN=CC2)c(=O)n(CCCCCCN(C=O)N2C=CN=CC2)c1=O)N1C=CN=CC1. The van der Waals surface area contributed by atoms with Gasteiger partial charge in [0.05, 0.1) is 19.6 Å². The van der Waals surface area contributed by atoms with E-state index in [1.807, 2.05) is 0 Å². The van der Waals surface area contributed by atoms with E-state index in [4.69, 9.17) is 0 Å². The van der Waals surface area contributed by atoms with Crippen LogP contribution < -0.4 is 17.1 Å². The molecule has 3 aliphatic rings. The molecule has 1 aromatic heterocycles. The van der Waals surface area contributed by atoms with E-state index in [2.05, 4.69) is 15.0 Å². The monoisotopic (exact) mass is 750 g/mol. The highest BCUT2D eigenvalue weighted by Crippen LogP contribution is 2.09. The van der Waals surface area contributed by atoms with Gasteiger partial charge in [-0.1, -0.05) is 38.5 Å². The third kappa shape index (κ3) is 12.5. The molecule has 294 valence electrons. The number of aliphatic imine (C=N–C) groups is 3. The summed E-state index contributed by atoms with van der Waals surface area (Å²) in [7, 11) is 0. The number of rotatable bonds is 27. The quantitative estimate of drug-likeness (QED) is 0.0955. The van der Waals surface area contributed by atoms with Gasteiger partial charge in [-0.25, -0.2) is 28.1 Å². The maximum absolute atomic E-state index is 13.6. The third-order valence-corrected chi connectivity index (χ3v) is 9.39. The van der Waals surface area contributed by atoms with Gasteiger partial charge >= 0.3 is 17.1 Å². The van der Waals surface area contributed by atoms with Crippen LogP contribution >= 0.6 is 0 Å². The molecule has 0 saturated carbocycles. The zero-order valence-electron chi connectivity index (χ0n) is 31.1. The van der Waals surface area contributed by atoms with Gasteiger partial charge in [-0.3, -0.25) is 59.4 Å². The maximum Gasteiger partial charge on any atom is 0.336 e. The Morgan fingerprint density at radius 2 is 0.722 bits per heavy atom. The Kier molecular flexibility index (Phi) is 17.7. The van der Waals surface area contributed by atoms with Crippen molar-refractivity contribution in [1.82, 2.24) is 43.8 Å². The van der Waals surface area contributed by atoms with Crippen molar-refractivity contribution in [3.63, 3.8) is 0 Å². The maximum atomic E-state index is 13.6. The topological polar surface area (TPSA) is 174 Å². The van der Waals surface area contributed by atoms with Crippen molar-refractivity contribution in [2.24, 2.45) is 15.0 Å². The standard InChI is InChI=1S/C36H54N12O6/c49-31-43(40-25-13-37-14-26-40)19-7-1-4-10-22-46-34(52)47(23-11-5-2-8-20-44(32-50)41-27-15-38-16-28-41)36(54)48(35(46)53)24-12-6-3-9-21-45(33-51)42-29-17-39-18-30-42/h13-18,25,27,29,31-33H,1-12,19-24,26,28,30H2. The smallest absolute Gasteiger partial charge is 0.284 e. The summed E-state index contributed by atoms with van der Waals surface area (Å²) in [5.41, 5.74) is -1.78. The van der Waals surface area contributed by atoms with E-state index in [9.17, 15) is 28.8 Å². The summed E-state index contributed by atoms with van der Waals surface area (Å²) in [4.78, 5) is 87.6. The number of hydrogen-bond donors (Lipinski definition) is 0. The van der Waals surface area contributed by atoms with Crippen LogP contribution in [0.3, 0.4) is 0 Å². The number of amides is 3. The zero-order valence-corrected chi connectivity index (χ0v) is 31.1. The molecule has 0 bridgehead atoms. The summed E-state index contributed by atoms with van der Waals surface area (Å²) in [5.74, 6) is 0. The Balaban J connectivity index is 1.31. The second-order valence-corrected chi connectivity index (χ2v) is 13.1. The molecule has 18 nitrogen and oxygen atoms in total. The van der Waals surface area contributed by atoms with Crippen molar-refractivity contribution in [1.29, 1.82) is 0 Å². The first kappa shape index (κ1) is 41.2. The van der Waals surface area contributed by atoms with Gasteiger partial charge in [0.25, 0.3) is 0 Å². The van der Waals surface area contributed by atoms with Crippen molar-refractivity contribution in [2.45, 2.75) is 96.7 Å². The number of unbranched alkanes of at least 4 members (excludes halogenated alkanes) is 9. The van der Waals surface area contributed by atoms with Crippen molar-refractivity contribution >= 4 is 37.9 Å². The van der Waals surface area contributed by atoms with Gasteiger partial charge in [-0.05, 0) is 38.5 Å². The van der Waals surface area contributed by atoms with E-state index in [1.165, 1.54) is 13.7 Å². The fraction of sp³-hybridized carbons (Fsp3) is 0.583. The second kappa shape index (κ2) is 23.2. The highest BCUT2D eigenvalue weighted by molar-refractivity contribution is 5.63. The lowest BCUT2D eigenvalue weighted by Gasteiger charge is -2.30. The number of aromatic nitrogens is 3. The van der Waals surface area contributed by atoms with Crippen molar-refractivity contribution in [2.75, 3.05) is 39.3 Å². The number of carbonyl (C=O) groups is 3. The molecule has 0 atom stereocenters. The Labute approximate surface area is 315 Å². The van der Waals surface area contributed by atoms with E-state index in [0.29, 0.717) is 58.5 Å². The van der Waals surface area contributed by atoms with Gasteiger partial charge in [0, 0.05) is 95.1 Å². The molecule has 18 heteroatoms. The Morgan fingerprint density at radius 3 is 0.963 bits per heavy atom. The lowest BCUT2D eigenvalue weighted by Crippen LogP contribution is -2.54. The molecule has 0 spiro atoms. The largest absolute Gasteiger partial charge is 0.336 e. The molecule has 0 fully saturated rings. The minimum absolute atomic E-state index is 0.190. The number of hydrogen-bond acceptors (Lipinski definition) is 12. The van der Waals surface area contributed by atoms with Gasteiger partial charge in [-0.2, -0.15) is 0 Å². The predicted octanol–water partition coefficient (Wildman–Crippen LogP) is 1.55. The summed E-state index contributed by atoms with van der Waals surface area (Å²) in [6.45, 7) is 3.75. The molecule has 0 aliphatic carbocycles. The molecule has 0 N–H and O–H groups in total. The molecule has 0 radical (unpaired) electrons. The van der Waals surface area contributed by atoms with E-state index in [-0.39, 0.29) is 19.6 Å². The second-order valence-electron chi connectivity index (χ2n) is 13.1. The first-order valence-electron chi connectivity index (χ1n) is 18.9.